The molecule has 1 aliphatic carbocycles. The topological polar surface area (TPSA) is 55.1 Å². The Balaban J connectivity index is 1.81. The molecule has 3 nitrogen and oxygen atoms in total. The van der Waals surface area contributed by atoms with Gasteiger partial charge in [0.1, 0.15) is 5.82 Å². The number of carbonyl (C=O) groups excluding carboxylic acids is 1. The summed E-state index contributed by atoms with van der Waals surface area (Å²) in [7, 11) is 0. The fourth-order valence-corrected chi connectivity index (χ4v) is 2.64. The summed E-state index contributed by atoms with van der Waals surface area (Å²) in [5.74, 6) is -0.591. The molecule has 0 heterocycles. The fourth-order valence-electron chi connectivity index (χ4n) is 2.64. The van der Waals surface area contributed by atoms with Crippen molar-refractivity contribution in [2.24, 2.45) is 5.73 Å². The lowest BCUT2D eigenvalue weighted by Gasteiger charge is -2.18. The van der Waals surface area contributed by atoms with Gasteiger partial charge in [-0.05, 0) is 41.8 Å². The third kappa shape index (κ3) is 2.30. The predicted molar refractivity (Wildman–Crippen MR) is 74.7 cm³/mol. The van der Waals surface area contributed by atoms with Crippen LogP contribution in [0.15, 0.2) is 48.5 Å². The van der Waals surface area contributed by atoms with Gasteiger partial charge in [0.15, 0.2) is 0 Å². The molecule has 2 unspecified atom stereocenters. The minimum absolute atomic E-state index is 0.128. The number of nitrogens with two attached hydrogens (primary N) is 1. The molecule has 0 aliphatic heterocycles. The average Bonchev–Trinajstić information content (AvgIpc) is 2.76. The summed E-state index contributed by atoms with van der Waals surface area (Å²) in [5, 5.41) is 2.93. The molecule has 2 aromatic rings. The molecule has 0 fully saturated rings. The van der Waals surface area contributed by atoms with Gasteiger partial charge in [-0.2, -0.15) is 0 Å². The van der Waals surface area contributed by atoms with E-state index in [1.54, 1.807) is 0 Å². The number of benzene rings is 2. The lowest BCUT2D eigenvalue weighted by Crippen LogP contribution is -2.38. The number of hydrogen-bond donors (Lipinski definition) is 2. The first-order valence-corrected chi connectivity index (χ1v) is 6.55. The molecule has 0 bridgehead atoms. The molecule has 0 spiro atoms. The van der Waals surface area contributed by atoms with E-state index in [1.165, 1.54) is 29.8 Å². The Morgan fingerprint density at radius 2 is 1.85 bits per heavy atom. The van der Waals surface area contributed by atoms with Crippen LogP contribution in [0.3, 0.4) is 0 Å². The summed E-state index contributed by atoms with van der Waals surface area (Å²) in [6, 6.07) is 13.1. The van der Waals surface area contributed by atoms with Gasteiger partial charge in [-0.25, -0.2) is 4.39 Å². The van der Waals surface area contributed by atoms with Crippen LogP contribution in [0.2, 0.25) is 0 Å². The normalized spacial score (nSPS) is 20.5. The van der Waals surface area contributed by atoms with Crippen LogP contribution >= 0.6 is 0 Å². The van der Waals surface area contributed by atoms with Crippen molar-refractivity contribution in [1.82, 2.24) is 5.32 Å². The molecule has 0 saturated carbocycles. The third-order valence-electron chi connectivity index (χ3n) is 3.67. The molecule has 2 atom stereocenters. The average molecular weight is 270 g/mol. The van der Waals surface area contributed by atoms with Gasteiger partial charge in [0.25, 0.3) is 5.91 Å². The minimum Gasteiger partial charge on any atom is -0.344 e. The standard InChI is InChI=1S/C16H15FN2O/c17-12-7-5-10(6-8-12)16(20)19-15-13-4-2-1-3-11(13)9-14(15)18/h1-8,14-15H,9,18H2,(H,19,20). The Kier molecular flexibility index (Phi) is 3.24. The van der Waals surface area contributed by atoms with E-state index in [4.69, 9.17) is 5.73 Å². The summed E-state index contributed by atoms with van der Waals surface area (Å²) in [4.78, 5) is 12.2. The van der Waals surface area contributed by atoms with Crippen molar-refractivity contribution in [2.75, 3.05) is 0 Å². The van der Waals surface area contributed by atoms with Gasteiger partial charge in [0, 0.05) is 11.6 Å². The Morgan fingerprint density at radius 3 is 2.60 bits per heavy atom. The molecule has 3 N–H and O–H groups in total. The van der Waals surface area contributed by atoms with Gasteiger partial charge in [-0.1, -0.05) is 24.3 Å². The van der Waals surface area contributed by atoms with Crippen molar-refractivity contribution >= 4 is 5.91 Å². The maximum atomic E-state index is 12.9. The van der Waals surface area contributed by atoms with Crippen LogP contribution in [0.5, 0.6) is 0 Å². The van der Waals surface area contributed by atoms with E-state index in [1.807, 2.05) is 24.3 Å². The molecule has 20 heavy (non-hydrogen) atoms. The molecule has 2 aromatic carbocycles. The fraction of sp³-hybridized carbons (Fsp3) is 0.188. The lowest BCUT2D eigenvalue weighted by atomic mass is 10.1. The van der Waals surface area contributed by atoms with Crippen molar-refractivity contribution in [1.29, 1.82) is 0 Å². The van der Waals surface area contributed by atoms with Crippen LogP contribution in [0, 0.1) is 5.82 Å². The van der Waals surface area contributed by atoms with Crippen molar-refractivity contribution in [3.05, 3.63) is 71.0 Å². The number of nitrogens with one attached hydrogen (secondary N) is 1. The molecule has 0 aromatic heterocycles. The first-order valence-electron chi connectivity index (χ1n) is 6.55. The Hall–Kier alpha value is -2.20. The Labute approximate surface area is 116 Å². The monoisotopic (exact) mass is 270 g/mol. The van der Waals surface area contributed by atoms with E-state index in [-0.39, 0.29) is 23.8 Å². The van der Waals surface area contributed by atoms with E-state index in [0.29, 0.717) is 5.56 Å². The van der Waals surface area contributed by atoms with E-state index in [0.717, 1.165) is 12.0 Å². The maximum Gasteiger partial charge on any atom is 0.251 e. The van der Waals surface area contributed by atoms with Gasteiger partial charge < -0.3 is 11.1 Å². The number of halogens is 1. The number of carbonyl (C=O) groups is 1. The number of amides is 1. The number of rotatable bonds is 2. The predicted octanol–water partition coefficient (Wildman–Crippen LogP) is 2.18. The Bertz CT molecular complexity index is 639. The number of fused-ring (bicyclic) bond motifs is 1. The summed E-state index contributed by atoms with van der Waals surface area (Å²) < 4.78 is 12.9. The van der Waals surface area contributed by atoms with Crippen LogP contribution in [0.25, 0.3) is 0 Å². The van der Waals surface area contributed by atoms with Gasteiger partial charge in [0.05, 0.1) is 6.04 Å². The highest BCUT2D eigenvalue weighted by Gasteiger charge is 2.30. The van der Waals surface area contributed by atoms with Crippen molar-refractivity contribution < 1.29 is 9.18 Å². The van der Waals surface area contributed by atoms with Gasteiger partial charge >= 0.3 is 0 Å². The zero-order chi connectivity index (χ0) is 14.1. The second-order valence-corrected chi connectivity index (χ2v) is 5.02. The SMILES string of the molecule is NC1Cc2ccccc2C1NC(=O)c1ccc(F)cc1. The summed E-state index contributed by atoms with van der Waals surface area (Å²) in [6.45, 7) is 0. The second kappa shape index (κ2) is 5.06. The maximum absolute atomic E-state index is 12.9. The van der Waals surface area contributed by atoms with Gasteiger partial charge in [0.2, 0.25) is 0 Å². The van der Waals surface area contributed by atoms with Crippen molar-refractivity contribution in [3.63, 3.8) is 0 Å². The van der Waals surface area contributed by atoms with Crippen molar-refractivity contribution in [3.8, 4) is 0 Å². The van der Waals surface area contributed by atoms with E-state index in [9.17, 15) is 9.18 Å². The van der Waals surface area contributed by atoms with Crippen LogP contribution in [-0.4, -0.2) is 11.9 Å². The highest BCUT2D eigenvalue weighted by molar-refractivity contribution is 5.94. The lowest BCUT2D eigenvalue weighted by molar-refractivity contribution is 0.0933. The first-order chi connectivity index (χ1) is 9.65. The molecule has 0 saturated heterocycles. The van der Waals surface area contributed by atoms with Crippen LogP contribution < -0.4 is 11.1 Å². The van der Waals surface area contributed by atoms with Crippen LogP contribution in [0.1, 0.15) is 27.5 Å². The van der Waals surface area contributed by atoms with Gasteiger partial charge in [-0.15, -0.1) is 0 Å². The Morgan fingerprint density at radius 1 is 1.15 bits per heavy atom. The molecule has 1 aliphatic rings. The smallest absolute Gasteiger partial charge is 0.251 e. The summed E-state index contributed by atoms with van der Waals surface area (Å²) in [6.07, 6.45) is 0.755. The van der Waals surface area contributed by atoms with E-state index in [2.05, 4.69) is 5.32 Å². The molecule has 3 rings (SSSR count). The van der Waals surface area contributed by atoms with E-state index >= 15 is 0 Å². The van der Waals surface area contributed by atoms with Crippen LogP contribution in [-0.2, 0) is 6.42 Å². The molecule has 0 radical (unpaired) electrons. The minimum atomic E-state index is -0.357. The molecule has 1 amide bonds. The van der Waals surface area contributed by atoms with Crippen molar-refractivity contribution in [2.45, 2.75) is 18.5 Å². The van der Waals surface area contributed by atoms with E-state index < -0.39 is 0 Å². The quantitative estimate of drug-likeness (QED) is 0.878. The summed E-state index contributed by atoms with van der Waals surface area (Å²) >= 11 is 0. The second-order valence-electron chi connectivity index (χ2n) is 5.02. The summed E-state index contributed by atoms with van der Waals surface area (Å²) in [5.41, 5.74) is 8.77. The zero-order valence-corrected chi connectivity index (χ0v) is 10.8. The zero-order valence-electron chi connectivity index (χ0n) is 10.8. The van der Waals surface area contributed by atoms with Crippen LogP contribution in [0.4, 0.5) is 4.39 Å². The first kappa shape index (κ1) is 12.8. The molecular weight excluding hydrogens is 255 g/mol. The molecule has 102 valence electrons. The molecule has 4 heteroatoms. The van der Waals surface area contributed by atoms with Gasteiger partial charge in [-0.3, -0.25) is 4.79 Å². The largest absolute Gasteiger partial charge is 0.344 e. The third-order valence-corrected chi connectivity index (χ3v) is 3.67. The molecular formula is C16H15FN2O. The number of hydrogen-bond acceptors (Lipinski definition) is 2. The highest BCUT2D eigenvalue weighted by atomic mass is 19.1. The highest BCUT2D eigenvalue weighted by Crippen LogP contribution is 2.30.